The van der Waals surface area contributed by atoms with Gasteiger partial charge in [-0.3, -0.25) is 4.79 Å². The molecule has 0 unspecified atom stereocenters. The van der Waals surface area contributed by atoms with Crippen LogP contribution in [0.15, 0.2) is 0 Å². The summed E-state index contributed by atoms with van der Waals surface area (Å²) in [6.07, 6.45) is 0.0870. The molecule has 1 amide bonds. The molecule has 3 atom stereocenters. The molecular weight excluding hydrogens is 200 g/mol. The van der Waals surface area contributed by atoms with Crippen LogP contribution in [0.2, 0.25) is 0 Å². The van der Waals surface area contributed by atoms with Crippen molar-refractivity contribution in [1.29, 1.82) is 0 Å². The van der Waals surface area contributed by atoms with Crippen LogP contribution in [0.4, 0.5) is 0 Å². The van der Waals surface area contributed by atoms with E-state index in [1.807, 2.05) is 0 Å². The molecule has 0 bridgehead atoms. The molecular formula is C9H16N2O4. The highest BCUT2D eigenvalue weighted by atomic mass is 16.4. The summed E-state index contributed by atoms with van der Waals surface area (Å²) in [6, 6.07) is -0.812. The smallest absolute Gasteiger partial charge is 0.326 e. The maximum absolute atomic E-state index is 10.7. The number of carboxylic acids is 1. The lowest BCUT2D eigenvalue weighted by molar-refractivity contribution is -0.141. The molecule has 0 spiro atoms. The van der Waals surface area contributed by atoms with Crippen molar-refractivity contribution in [3.63, 3.8) is 0 Å². The summed E-state index contributed by atoms with van der Waals surface area (Å²) in [5, 5.41) is 23.5. The molecule has 0 radical (unpaired) electrons. The molecule has 1 heterocycles. The highest BCUT2D eigenvalue weighted by molar-refractivity contribution is 5.81. The van der Waals surface area contributed by atoms with Crippen molar-refractivity contribution in [1.82, 2.24) is 10.6 Å². The van der Waals surface area contributed by atoms with Crippen molar-refractivity contribution < 1.29 is 19.8 Å². The van der Waals surface area contributed by atoms with E-state index in [-0.39, 0.29) is 18.4 Å². The summed E-state index contributed by atoms with van der Waals surface area (Å²) in [6.45, 7) is 2.05. The summed E-state index contributed by atoms with van der Waals surface area (Å²) in [5.74, 6) is -1.44. The van der Waals surface area contributed by atoms with E-state index in [1.165, 1.54) is 6.92 Å². The Morgan fingerprint density at radius 1 is 1.53 bits per heavy atom. The molecule has 6 nitrogen and oxygen atoms in total. The van der Waals surface area contributed by atoms with Crippen LogP contribution in [0.1, 0.15) is 19.8 Å². The Morgan fingerprint density at radius 3 is 2.53 bits per heavy atom. The first-order valence-corrected chi connectivity index (χ1v) is 4.92. The minimum absolute atomic E-state index is 0.0942. The quantitative estimate of drug-likeness (QED) is 0.412. The van der Waals surface area contributed by atoms with E-state index < -0.39 is 18.1 Å². The average Bonchev–Trinajstić information content (AvgIpc) is 2.93. The van der Waals surface area contributed by atoms with E-state index >= 15 is 0 Å². The highest BCUT2D eigenvalue weighted by Crippen LogP contribution is 2.11. The number of hydrogen-bond acceptors (Lipinski definition) is 4. The highest BCUT2D eigenvalue weighted by Gasteiger charge is 2.30. The lowest BCUT2D eigenvalue weighted by atomic mass is 10.1. The molecule has 1 saturated heterocycles. The summed E-state index contributed by atoms with van der Waals surface area (Å²) < 4.78 is 0. The summed E-state index contributed by atoms with van der Waals surface area (Å²) in [5.41, 5.74) is 0. The predicted octanol–water partition coefficient (Wildman–Crippen LogP) is -1.31. The Balaban J connectivity index is 2.29. The molecule has 1 aliphatic rings. The van der Waals surface area contributed by atoms with Crippen LogP contribution in [-0.2, 0) is 9.59 Å². The first-order valence-electron chi connectivity index (χ1n) is 4.92. The Hall–Kier alpha value is -1.14. The molecule has 0 aliphatic carbocycles. The number of aliphatic hydroxyl groups is 1. The fraction of sp³-hybridized carbons (Fsp3) is 0.778. The van der Waals surface area contributed by atoms with Gasteiger partial charge in [0.15, 0.2) is 0 Å². The number of rotatable bonds is 6. The van der Waals surface area contributed by atoms with E-state index in [0.717, 1.165) is 6.54 Å². The van der Waals surface area contributed by atoms with Gasteiger partial charge in [0.25, 0.3) is 0 Å². The largest absolute Gasteiger partial charge is 0.480 e. The first-order chi connectivity index (χ1) is 7.00. The van der Waals surface area contributed by atoms with Crippen molar-refractivity contribution >= 4 is 11.9 Å². The van der Waals surface area contributed by atoms with Crippen molar-refractivity contribution in [2.45, 2.75) is 38.0 Å². The van der Waals surface area contributed by atoms with Crippen LogP contribution in [0.3, 0.4) is 0 Å². The van der Waals surface area contributed by atoms with Gasteiger partial charge in [-0.25, -0.2) is 4.79 Å². The summed E-state index contributed by atoms with van der Waals surface area (Å²) in [7, 11) is 0. The van der Waals surface area contributed by atoms with Crippen LogP contribution in [-0.4, -0.2) is 46.8 Å². The van der Waals surface area contributed by atoms with Gasteiger partial charge < -0.3 is 20.8 Å². The van der Waals surface area contributed by atoms with Crippen molar-refractivity contribution in [3.05, 3.63) is 0 Å². The van der Waals surface area contributed by atoms with Crippen molar-refractivity contribution in [3.8, 4) is 0 Å². The number of amides is 1. The molecule has 1 rings (SSSR count). The van der Waals surface area contributed by atoms with Gasteiger partial charge in [0.1, 0.15) is 6.04 Å². The zero-order valence-electron chi connectivity index (χ0n) is 8.56. The molecule has 15 heavy (non-hydrogen) atoms. The number of aliphatic carboxylic acids is 1. The van der Waals surface area contributed by atoms with E-state index in [1.54, 1.807) is 0 Å². The maximum atomic E-state index is 10.7. The lowest BCUT2D eigenvalue weighted by Gasteiger charge is -2.15. The molecule has 0 aromatic heterocycles. The van der Waals surface area contributed by atoms with Crippen molar-refractivity contribution in [2.75, 3.05) is 6.54 Å². The molecule has 1 aliphatic heterocycles. The number of hydrogen-bond donors (Lipinski definition) is 4. The fourth-order valence-electron chi connectivity index (χ4n) is 1.38. The van der Waals surface area contributed by atoms with Crippen LogP contribution >= 0.6 is 0 Å². The Morgan fingerprint density at radius 2 is 2.13 bits per heavy atom. The monoisotopic (exact) mass is 216 g/mol. The molecule has 6 heteroatoms. The first kappa shape index (κ1) is 11.9. The van der Waals surface area contributed by atoms with E-state index in [4.69, 9.17) is 5.11 Å². The summed E-state index contributed by atoms with van der Waals surface area (Å²) in [4.78, 5) is 21.4. The molecule has 0 aromatic carbocycles. The van der Waals surface area contributed by atoms with Gasteiger partial charge in [0.05, 0.1) is 6.10 Å². The van der Waals surface area contributed by atoms with E-state index in [9.17, 15) is 14.7 Å². The third kappa shape index (κ3) is 4.26. The average molecular weight is 216 g/mol. The maximum Gasteiger partial charge on any atom is 0.326 e. The van der Waals surface area contributed by atoms with Gasteiger partial charge in [-0.2, -0.15) is 0 Å². The van der Waals surface area contributed by atoms with Gasteiger partial charge in [0.2, 0.25) is 5.91 Å². The molecule has 86 valence electrons. The van der Waals surface area contributed by atoms with Crippen molar-refractivity contribution in [2.24, 2.45) is 0 Å². The Bertz CT molecular complexity index is 252. The number of aliphatic hydroxyl groups excluding tert-OH is 1. The van der Waals surface area contributed by atoms with Crippen LogP contribution in [0.25, 0.3) is 0 Å². The number of nitrogens with one attached hydrogen (secondary N) is 2. The molecule has 1 fully saturated rings. The third-order valence-corrected chi connectivity index (χ3v) is 2.33. The van der Waals surface area contributed by atoms with Crippen LogP contribution in [0.5, 0.6) is 0 Å². The number of carbonyl (C=O) groups is 2. The van der Waals surface area contributed by atoms with Crippen LogP contribution in [0, 0.1) is 0 Å². The minimum Gasteiger partial charge on any atom is -0.480 e. The number of carboxylic acid groups (broad SMARTS) is 1. The van der Waals surface area contributed by atoms with Gasteiger partial charge in [-0.05, 0) is 12.8 Å². The zero-order valence-corrected chi connectivity index (χ0v) is 8.56. The number of carbonyl (C=O) groups excluding carboxylic acids is 1. The molecule has 0 saturated carbocycles. The van der Waals surface area contributed by atoms with Gasteiger partial charge in [-0.15, -0.1) is 0 Å². The Kier molecular flexibility index (Phi) is 4.05. The van der Waals surface area contributed by atoms with Gasteiger partial charge in [0, 0.05) is 19.5 Å². The molecule has 4 N–H and O–H groups in total. The normalized spacial score (nSPS) is 22.9. The zero-order chi connectivity index (χ0) is 11.4. The fourth-order valence-corrected chi connectivity index (χ4v) is 1.38. The summed E-state index contributed by atoms with van der Waals surface area (Å²) >= 11 is 0. The SMILES string of the molecule is CC(=O)N[C@@H](CC[C@@H](O)[C@H]1CN1)C(=O)O. The predicted molar refractivity (Wildman–Crippen MR) is 52.3 cm³/mol. The van der Waals surface area contributed by atoms with Crippen LogP contribution < -0.4 is 10.6 Å². The molecule has 0 aromatic rings. The standard InChI is InChI=1S/C9H16N2O4/c1-5(12)11-6(9(14)15)2-3-8(13)7-4-10-7/h6-8,10,13H,2-4H2,1H3,(H,11,12)(H,14,15)/t6-,7+,8+/m0/s1. The van der Waals surface area contributed by atoms with Gasteiger partial charge >= 0.3 is 5.97 Å². The lowest BCUT2D eigenvalue weighted by Crippen LogP contribution is -2.40. The topological polar surface area (TPSA) is 109 Å². The third-order valence-electron chi connectivity index (χ3n) is 2.33. The Labute approximate surface area is 87.7 Å². The second-order valence-electron chi connectivity index (χ2n) is 3.75. The van der Waals surface area contributed by atoms with E-state index in [0.29, 0.717) is 6.42 Å². The van der Waals surface area contributed by atoms with E-state index in [2.05, 4.69) is 10.6 Å². The van der Waals surface area contributed by atoms with Gasteiger partial charge in [-0.1, -0.05) is 0 Å². The second-order valence-corrected chi connectivity index (χ2v) is 3.75. The minimum atomic E-state index is -1.07. The second kappa shape index (κ2) is 5.09.